The fourth-order valence-electron chi connectivity index (χ4n) is 4.93. The van der Waals surface area contributed by atoms with Crippen molar-refractivity contribution in [2.45, 2.75) is 43.0 Å². The molecule has 31 heavy (non-hydrogen) atoms. The van der Waals surface area contributed by atoms with Crippen molar-refractivity contribution in [1.82, 2.24) is 9.80 Å². The Morgan fingerprint density at radius 1 is 1.03 bits per heavy atom. The first-order valence-electron chi connectivity index (χ1n) is 10.8. The molecule has 3 aliphatic rings. The van der Waals surface area contributed by atoms with Crippen LogP contribution in [0, 0.1) is 11.8 Å². The van der Waals surface area contributed by atoms with Crippen LogP contribution in [0.4, 0.5) is 10.5 Å². The number of urea groups is 1. The number of nitrogens with two attached hydrogens (primary N) is 1. The normalized spacial score (nSPS) is 27.3. The zero-order valence-corrected chi connectivity index (χ0v) is 18.9. The average molecular weight is 491 g/mol. The summed E-state index contributed by atoms with van der Waals surface area (Å²) in [6, 6.07) is 8.16. The molecule has 2 aliphatic heterocycles. The Hall–Kier alpha value is -2.42. The number of carbonyl (C=O) groups is 4. The lowest BCUT2D eigenvalue weighted by Gasteiger charge is -2.47. The lowest BCUT2D eigenvalue weighted by atomic mass is 9.81. The van der Waals surface area contributed by atoms with Gasteiger partial charge in [-0.2, -0.15) is 0 Å². The number of piperidine rings is 1. The summed E-state index contributed by atoms with van der Waals surface area (Å²) in [6.45, 7) is 0.839. The number of imide groups is 1. The molecular weight excluding hydrogens is 464 g/mol. The van der Waals surface area contributed by atoms with Crippen LogP contribution in [0.3, 0.4) is 0 Å². The molecule has 0 spiro atoms. The molecule has 1 saturated carbocycles. The summed E-state index contributed by atoms with van der Waals surface area (Å²) in [5.41, 5.74) is 5.91. The second-order valence-electron chi connectivity index (χ2n) is 8.56. The van der Waals surface area contributed by atoms with E-state index < -0.39 is 6.03 Å². The van der Waals surface area contributed by atoms with Crippen LogP contribution in [0.15, 0.2) is 30.3 Å². The fourth-order valence-corrected chi connectivity index (χ4v) is 5.60. The lowest BCUT2D eigenvalue weighted by molar-refractivity contribution is -0.137. The van der Waals surface area contributed by atoms with Gasteiger partial charge < -0.3 is 15.5 Å². The number of halogens is 1. The molecule has 9 heteroatoms. The minimum absolute atomic E-state index is 0.0647. The molecule has 3 fully saturated rings. The minimum Gasteiger partial charge on any atom is -0.369 e. The van der Waals surface area contributed by atoms with Gasteiger partial charge in [0.25, 0.3) is 0 Å². The van der Waals surface area contributed by atoms with Crippen molar-refractivity contribution in [2.75, 3.05) is 24.5 Å². The van der Waals surface area contributed by atoms with Crippen LogP contribution < -0.4 is 10.6 Å². The Morgan fingerprint density at radius 2 is 1.71 bits per heavy atom. The largest absolute Gasteiger partial charge is 0.369 e. The van der Waals surface area contributed by atoms with E-state index in [-0.39, 0.29) is 47.0 Å². The van der Waals surface area contributed by atoms with E-state index in [1.165, 1.54) is 4.90 Å². The standard InChI is InChI=1S/C22H27BrN4O4/c23-15-6-7-18-17(12-15)21(30)27(16-4-2-1-3-5-16)22(31)26(18)13-19(28)25-10-8-14(9-11-25)20(24)29/h1-5,14-15,17-18H,6-13H2,(H2,24,29). The number of benzene rings is 1. The van der Waals surface area contributed by atoms with Gasteiger partial charge >= 0.3 is 6.03 Å². The summed E-state index contributed by atoms with van der Waals surface area (Å²) in [7, 11) is 0. The molecule has 2 saturated heterocycles. The number of hydrogen-bond acceptors (Lipinski definition) is 4. The maximum absolute atomic E-state index is 13.4. The van der Waals surface area contributed by atoms with E-state index in [0.717, 1.165) is 6.42 Å². The van der Waals surface area contributed by atoms with E-state index in [4.69, 9.17) is 5.73 Å². The third kappa shape index (κ3) is 4.33. The zero-order valence-electron chi connectivity index (χ0n) is 17.3. The molecule has 2 heterocycles. The summed E-state index contributed by atoms with van der Waals surface area (Å²) >= 11 is 3.63. The number of nitrogens with zero attached hydrogens (tertiary/aromatic N) is 3. The molecule has 1 aromatic rings. The Morgan fingerprint density at radius 3 is 2.35 bits per heavy atom. The number of anilines is 1. The molecule has 3 unspecified atom stereocenters. The average Bonchev–Trinajstić information content (AvgIpc) is 2.77. The van der Waals surface area contributed by atoms with Gasteiger partial charge in [0, 0.05) is 29.9 Å². The summed E-state index contributed by atoms with van der Waals surface area (Å²) in [4.78, 5) is 55.9. The molecule has 0 radical (unpaired) electrons. The van der Waals surface area contributed by atoms with Gasteiger partial charge in [-0.05, 0) is 44.2 Å². The van der Waals surface area contributed by atoms with Gasteiger partial charge in [0.2, 0.25) is 17.7 Å². The predicted molar refractivity (Wildman–Crippen MR) is 118 cm³/mol. The topological polar surface area (TPSA) is 104 Å². The number of carbonyl (C=O) groups excluding carboxylic acids is 4. The van der Waals surface area contributed by atoms with Gasteiger partial charge in [-0.3, -0.25) is 14.4 Å². The number of rotatable bonds is 4. The number of alkyl halides is 1. The summed E-state index contributed by atoms with van der Waals surface area (Å²) in [6.07, 6.45) is 3.25. The van der Waals surface area contributed by atoms with Gasteiger partial charge in [-0.25, -0.2) is 9.69 Å². The number of primary amides is 1. The van der Waals surface area contributed by atoms with Gasteiger partial charge in [-0.1, -0.05) is 34.1 Å². The van der Waals surface area contributed by atoms with Gasteiger partial charge in [0.05, 0.1) is 11.6 Å². The van der Waals surface area contributed by atoms with E-state index in [1.807, 2.05) is 6.07 Å². The Bertz CT molecular complexity index is 872. The summed E-state index contributed by atoms with van der Waals surface area (Å²) in [5.74, 6) is -1.23. The third-order valence-corrected chi connectivity index (χ3v) is 7.53. The zero-order chi connectivity index (χ0) is 22.1. The van der Waals surface area contributed by atoms with E-state index in [1.54, 1.807) is 34.1 Å². The Kier molecular flexibility index (Phi) is 6.31. The second-order valence-corrected chi connectivity index (χ2v) is 9.86. The molecule has 3 atom stereocenters. The molecule has 1 aliphatic carbocycles. The third-order valence-electron chi connectivity index (χ3n) is 6.69. The first-order valence-corrected chi connectivity index (χ1v) is 11.7. The number of likely N-dealkylation sites (tertiary alicyclic amines) is 1. The maximum atomic E-state index is 13.4. The van der Waals surface area contributed by atoms with Crippen LogP contribution in [0.2, 0.25) is 0 Å². The highest BCUT2D eigenvalue weighted by Gasteiger charge is 2.49. The number of hydrogen-bond donors (Lipinski definition) is 1. The van der Waals surface area contributed by atoms with Gasteiger partial charge in [0.15, 0.2) is 0 Å². The van der Waals surface area contributed by atoms with Crippen molar-refractivity contribution in [3.05, 3.63) is 30.3 Å². The Labute approximate surface area is 189 Å². The number of fused-ring (bicyclic) bond motifs is 1. The first kappa shape index (κ1) is 21.8. The highest BCUT2D eigenvalue weighted by Crippen LogP contribution is 2.38. The fraction of sp³-hybridized carbons (Fsp3) is 0.545. The second kappa shape index (κ2) is 8.98. The SMILES string of the molecule is NC(=O)C1CCN(C(=O)CN2C(=O)N(c3ccccc3)C(=O)C3CC(Br)CCC32)CC1. The molecule has 4 rings (SSSR count). The van der Waals surface area contributed by atoms with Crippen molar-refractivity contribution in [2.24, 2.45) is 17.6 Å². The van der Waals surface area contributed by atoms with Crippen LogP contribution in [-0.2, 0) is 14.4 Å². The van der Waals surface area contributed by atoms with Crippen molar-refractivity contribution in [3.8, 4) is 0 Å². The van der Waals surface area contributed by atoms with Crippen molar-refractivity contribution in [1.29, 1.82) is 0 Å². The van der Waals surface area contributed by atoms with Crippen molar-refractivity contribution < 1.29 is 19.2 Å². The van der Waals surface area contributed by atoms with Crippen molar-refractivity contribution in [3.63, 3.8) is 0 Å². The summed E-state index contributed by atoms with van der Waals surface area (Å²) in [5, 5.41) is 0. The molecule has 2 N–H and O–H groups in total. The van der Waals surface area contributed by atoms with Gasteiger partial charge in [0.1, 0.15) is 6.54 Å². The molecule has 0 bridgehead atoms. The highest BCUT2D eigenvalue weighted by atomic mass is 79.9. The molecule has 8 nitrogen and oxygen atoms in total. The van der Waals surface area contributed by atoms with E-state index in [0.29, 0.717) is 44.5 Å². The quantitative estimate of drug-likeness (QED) is 0.652. The van der Waals surface area contributed by atoms with Crippen LogP contribution in [0.5, 0.6) is 0 Å². The highest BCUT2D eigenvalue weighted by molar-refractivity contribution is 9.09. The number of para-hydroxylation sites is 1. The number of amides is 5. The minimum atomic E-state index is -0.439. The van der Waals surface area contributed by atoms with E-state index in [9.17, 15) is 19.2 Å². The predicted octanol–water partition coefficient (Wildman–Crippen LogP) is 2.11. The maximum Gasteiger partial charge on any atom is 0.332 e. The first-order chi connectivity index (χ1) is 14.9. The van der Waals surface area contributed by atoms with Crippen LogP contribution >= 0.6 is 15.9 Å². The van der Waals surface area contributed by atoms with E-state index >= 15 is 0 Å². The van der Waals surface area contributed by atoms with Crippen LogP contribution in [0.1, 0.15) is 32.1 Å². The van der Waals surface area contributed by atoms with Crippen LogP contribution in [0.25, 0.3) is 0 Å². The monoisotopic (exact) mass is 490 g/mol. The van der Waals surface area contributed by atoms with E-state index in [2.05, 4.69) is 15.9 Å². The lowest BCUT2D eigenvalue weighted by Crippen LogP contribution is -2.65. The van der Waals surface area contributed by atoms with Crippen LogP contribution in [-0.4, -0.2) is 64.1 Å². The molecule has 1 aromatic carbocycles. The molecule has 5 amide bonds. The van der Waals surface area contributed by atoms with Crippen molar-refractivity contribution >= 4 is 45.4 Å². The summed E-state index contributed by atoms with van der Waals surface area (Å²) < 4.78 is 0. The molecule has 0 aromatic heterocycles. The van der Waals surface area contributed by atoms with Gasteiger partial charge in [-0.15, -0.1) is 0 Å². The smallest absolute Gasteiger partial charge is 0.332 e. The Balaban J connectivity index is 1.55. The molecular formula is C22H27BrN4O4. The molecule has 166 valence electrons.